The van der Waals surface area contributed by atoms with Crippen molar-refractivity contribution in [3.05, 3.63) is 95.6 Å². The van der Waals surface area contributed by atoms with Crippen LogP contribution in [-0.2, 0) is 25.7 Å². The Balaban J connectivity index is 1.51. The van der Waals surface area contributed by atoms with Crippen molar-refractivity contribution in [1.82, 2.24) is 10.2 Å². The molecule has 0 aromatic heterocycles. The molecule has 216 valence electrons. The van der Waals surface area contributed by atoms with E-state index in [4.69, 9.17) is 9.47 Å². The Morgan fingerprint density at radius 2 is 1.46 bits per heavy atom. The molecule has 0 spiro atoms. The van der Waals surface area contributed by atoms with Crippen LogP contribution < -0.4 is 5.32 Å². The van der Waals surface area contributed by atoms with Crippen LogP contribution >= 0.6 is 0 Å². The number of fused-ring (bicyclic) bond motifs is 3. The van der Waals surface area contributed by atoms with Gasteiger partial charge in [0.05, 0.1) is 12.7 Å². The molecule has 0 fully saturated rings. The molecule has 1 aliphatic carbocycles. The zero-order valence-corrected chi connectivity index (χ0v) is 24.0. The van der Waals surface area contributed by atoms with Gasteiger partial charge in [-0.2, -0.15) is 0 Å². The minimum atomic E-state index is -1.16. The number of rotatable bonds is 11. The summed E-state index contributed by atoms with van der Waals surface area (Å²) in [6, 6.07) is 24.4. The molecule has 0 bridgehead atoms. The second-order valence-electron chi connectivity index (χ2n) is 11.6. The molecule has 2 unspecified atom stereocenters. The summed E-state index contributed by atoms with van der Waals surface area (Å²) in [6.07, 6.45) is -1.54. The average molecular weight is 559 g/mol. The molecule has 2 N–H and O–H groups in total. The summed E-state index contributed by atoms with van der Waals surface area (Å²) in [5.41, 5.74) is 4.91. The van der Waals surface area contributed by atoms with Crippen LogP contribution in [0.2, 0.25) is 0 Å². The topological polar surface area (TPSA) is 105 Å². The highest BCUT2D eigenvalue weighted by Gasteiger charge is 2.35. The van der Waals surface area contributed by atoms with Crippen LogP contribution in [-0.4, -0.2) is 59.8 Å². The van der Waals surface area contributed by atoms with E-state index >= 15 is 0 Å². The lowest BCUT2D eigenvalue weighted by atomic mass is 9.95. The van der Waals surface area contributed by atoms with Gasteiger partial charge in [0.2, 0.25) is 5.91 Å². The third-order valence-corrected chi connectivity index (χ3v) is 7.01. The highest BCUT2D eigenvalue weighted by atomic mass is 16.5. The average Bonchev–Trinajstić information content (AvgIpc) is 3.26. The van der Waals surface area contributed by atoms with Crippen molar-refractivity contribution in [1.29, 1.82) is 0 Å². The van der Waals surface area contributed by atoms with E-state index in [1.807, 2.05) is 87.5 Å². The van der Waals surface area contributed by atoms with Gasteiger partial charge >= 0.3 is 12.1 Å². The van der Waals surface area contributed by atoms with Gasteiger partial charge in [-0.25, -0.2) is 4.79 Å². The first-order valence-electron chi connectivity index (χ1n) is 13.8. The summed E-state index contributed by atoms with van der Waals surface area (Å²) in [4.78, 5) is 39.8. The molecular formula is C33H38N2O6. The zero-order chi connectivity index (χ0) is 29.6. The second-order valence-corrected chi connectivity index (χ2v) is 11.6. The van der Waals surface area contributed by atoms with Crippen molar-refractivity contribution in [2.24, 2.45) is 5.41 Å². The largest absolute Gasteiger partial charge is 0.480 e. The molecule has 2 atom stereocenters. The predicted octanol–water partition coefficient (Wildman–Crippen LogP) is 5.46. The Bertz CT molecular complexity index is 1320. The Morgan fingerprint density at radius 1 is 0.902 bits per heavy atom. The van der Waals surface area contributed by atoms with Crippen LogP contribution in [0, 0.1) is 5.41 Å². The van der Waals surface area contributed by atoms with Gasteiger partial charge in [0.1, 0.15) is 19.2 Å². The summed E-state index contributed by atoms with van der Waals surface area (Å²) in [5.74, 6) is -1.82. The zero-order valence-electron chi connectivity index (χ0n) is 24.0. The number of nitrogens with zero attached hydrogens (tertiary/aromatic N) is 1. The number of hydrogen-bond acceptors (Lipinski definition) is 5. The number of carboxylic acid groups (broad SMARTS) is 1. The van der Waals surface area contributed by atoms with E-state index in [-0.39, 0.29) is 31.1 Å². The van der Waals surface area contributed by atoms with Gasteiger partial charge < -0.3 is 24.8 Å². The number of aliphatic carboxylic acids is 1. The molecule has 0 saturated heterocycles. The normalized spacial score (nSPS) is 14.0. The van der Waals surface area contributed by atoms with Crippen LogP contribution in [0.3, 0.4) is 0 Å². The molecule has 0 saturated carbocycles. The fraction of sp³-hybridized carbons (Fsp3) is 0.364. The molecule has 0 aliphatic heterocycles. The van der Waals surface area contributed by atoms with Crippen molar-refractivity contribution >= 4 is 18.0 Å². The molecule has 3 aromatic carbocycles. The molecule has 3 aromatic rings. The molecule has 41 heavy (non-hydrogen) atoms. The SMILES string of the molecule is CC(OCc1ccccc1)C(NC(=O)OCC1c2ccccc2-c2ccccc21)C(=O)N(CC(=O)O)CC(C)(C)C. The van der Waals surface area contributed by atoms with E-state index in [1.165, 1.54) is 4.90 Å². The van der Waals surface area contributed by atoms with E-state index in [2.05, 4.69) is 17.4 Å². The second kappa shape index (κ2) is 13.0. The predicted molar refractivity (Wildman–Crippen MR) is 156 cm³/mol. The standard InChI is InChI=1S/C33H38N2O6/c1-22(40-19-23-12-6-5-7-13-23)30(31(38)35(18-29(36)37)21-33(2,3)4)34-32(39)41-20-28-26-16-10-8-14-24(26)25-15-9-11-17-27(25)28/h5-17,22,28,30H,18-21H2,1-4H3,(H,34,39)(H,36,37). The Kier molecular flexibility index (Phi) is 9.45. The smallest absolute Gasteiger partial charge is 0.407 e. The van der Waals surface area contributed by atoms with Gasteiger partial charge in [-0.1, -0.05) is 99.6 Å². The number of ether oxygens (including phenoxy) is 2. The van der Waals surface area contributed by atoms with Crippen LogP contribution in [0.4, 0.5) is 4.79 Å². The number of hydrogen-bond donors (Lipinski definition) is 2. The summed E-state index contributed by atoms with van der Waals surface area (Å²) in [7, 11) is 0. The van der Waals surface area contributed by atoms with Gasteiger partial charge in [0, 0.05) is 12.5 Å². The van der Waals surface area contributed by atoms with Gasteiger partial charge in [0.15, 0.2) is 0 Å². The lowest BCUT2D eigenvalue weighted by Gasteiger charge is -2.33. The first-order chi connectivity index (χ1) is 19.5. The van der Waals surface area contributed by atoms with E-state index < -0.39 is 36.7 Å². The van der Waals surface area contributed by atoms with Gasteiger partial charge in [0.25, 0.3) is 0 Å². The minimum absolute atomic E-state index is 0.0842. The molecule has 0 heterocycles. The maximum absolute atomic E-state index is 13.7. The number of nitrogens with one attached hydrogen (secondary N) is 1. The van der Waals surface area contributed by atoms with Crippen molar-refractivity contribution < 1.29 is 29.0 Å². The number of amides is 2. The third kappa shape index (κ3) is 7.73. The van der Waals surface area contributed by atoms with Crippen molar-refractivity contribution in [2.45, 2.75) is 52.4 Å². The highest BCUT2D eigenvalue weighted by Crippen LogP contribution is 2.44. The Hall–Kier alpha value is -4.17. The molecule has 8 nitrogen and oxygen atoms in total. The van der Waals surface area contributed by atoms with Gasteiger partial charge in [-0.15, -0.1) is 0 Å². The molecule has 1 aliphatic rings. The Labute approximate surface area is 241 Å². The van der Waals surface area contributed by atoms with Gasteiger partial charge in [-0.05, 0) is 40.2 Å². The van der Waals surface area contributed by atoms with Crippen LogP contribution in [0.25, 0.3) is 11.1 Å². The third-order valence-electron chi connectivity index (χ3n) is 7.01. The van der Waals surface area contributed by atoms with E-state index in [0.29, 0.717) is 0 Å². The van der Waals surface area contributed by atoms with Gasteiger partial charge in [-0.3, -0.25) is 9.59 Å². The fourth-order valence-corrected chi connectivity index (χ4v) is 5.19. The van der Waals surface area contributed by atoms with Crippen molar-refractivity contribution in [3.8, 4) is 11.1 Å². The lowest BCUT2D eigenvalue weighted by molar-refractivity contribution is -0.148. The van der Waals surface area contributed by atoms with Crippen LogP contribution in [0.5, 0.6) is 0 Å². The number of carbonyl (C=O) groups is 3. The maximum atomic E-state index is 13.7. The highest BCUT2D eigenvalue weighted by molar-refractivity contribution is 5.88. The number of carbonyl (C=O) groups excluding carboxylic acids is 2. The fourth-order valence-electron chi connectivity index (χ4n) is 5.19. The van der Waals surface area contributed by atoms with E-state index in [9.17, 15) is 19.5 Å². The number of benzene rings is 3. The molecular weight excluding hydrogens is 520 g/mol. The van der Waals surface area contributed by atoms with E-state index in [1.54, 1.807) is 6.92 Å². The summed E-state index contributed by atoms with van der Waals surface area (Å²) in [6.45, 7) is 7.43. The number of alkyl carbamates (subject to hydrolysis) is 1. The maximum Gasteiger partial charge on any atom is 0.407 e. The first kappa shape index (κ1) is 29.8. The van der Waals surface area contributed by atoms with Crippen molar-refractivity contribution in [3.63, 3.8) is 0 Å². The summed E-state index contributed by atoms with van der Waals surface area (Å²) >= 11 is 0. The molecule has 0 radical (unpaired) electrons. The van der Waals surface area contributed by atoms with Crippen LogP contribution in [0.15, 0.2) is 78.9 Å². The minimum Gasteiger partial charge on any atom is -0.480 e. The van der Waals surface area contributed by atoms with Crippen LogP contribution in [0.1, 0.15) is 50.3 Å². The summed E-state index contributed by atoms with van der Waals surface area (Å²) in [5, 5.41) is 12.2. The van der Waals surface area contributed by atoms with Crippen molar-refractivity contribution in [2.75, 3.05) is 19.7 Å². The molecule has 2 amide bonds. The number of carboxylic acids is 1. The lowest BCUT2D eigenvalue weighted by Crippen LogP contribution is -2.56. The molecule has 8 heteroatoms. The quantitative estimate of drug-likeness (QED) is 0.324. The molecule has 4 rings (SSSR count). The van der Waals surface area contributed by atoms with E-state index in [0.717, 1.165) is 27.8 Å². The first-order valence-corrected chi connectivity index (χ1v) is 13.8. The monoisotopic (exact) mass is 558 g/mol. The summed E-state index contributed by atoms with van der Waals surface area (Å²) < 4.78 is 11.7. The Morgan fingerprint density at radius 3 is 2.02 bits per heavy atom.